The third-order valence-corrected chi connectivity index (χ3v) is 4.85. The molecule has 27 heavy (non-hydrogen) atoms. The summed E-state index contributed by atoms with van der Waals surface area (Å²) in [6.07, 6.45) is 1.57. The molecule has 5 nitrogen and oxygen atoms in total. The van der Waals surface area contributed by atoms with Gasteiger partial charge in [-0.3, -0.25) is 0 Å². The maximum absolute atomic E-state index is 5.89. The molecular formula is C22H19N3O2. The fraction of sp³-hybridized carbons (Fsp3) is 0.182. The molecule has 134 valence electrons. The molecule has 0 saturated carbocycles. The van der Waals surface area contributed by atoms with Crippen LogP contribution in [0.15, 0.2) is 77.4 Å². The van der Waals surface area contributed by atoms with Crippen molar-refractivity contribution in [2.24, 2.45) is 0 Å². The minimum Gasteiger partial charge on any atom is -0.467 e. The molecule has 2 aromatic heterocycles. The maximum Gasteiger partial charge on any atom is 0.226 e. The van der Waals surface area contributed by atoms with Crippen LogP contribution >= 0.6 is 0 Å². The van der Waals surface area contributed by atoms with Gasteiger partial charge in [0.2, 0.25) is 5.95 Å². The van der Waals surface area contributed by atoms with Gasteiger partial charge in [-0.2, -0.15) is 0 Å². The van der Waals surface area contributed by atoms with Crippen molar-refractivity contribution >= 4 is 16.9 Å². The van der Waals surface area contributed by atoms with Crippen molar-refractivity contribution in [3.63, 3.8) is 0 Å². The van der Waals surface area contributed by atoms with E-state index in [0.29, 0.717) is 13.2 Å². The lowest BCUT2D eigenvalue weighted by Gasteiger charge is -2.32. The number of fused-ring (bicyclic) bond motifs is 1. The van der Waals surface area contributed by atoms with Crippen molar-refractivity contribution < 1.29 is 9.15 Å². The minimum absolute atomic E-state index is 0.107. The average molecular weight is 357 g/mol. The fourth-order valence-corrected chi connectivity index (χ4v) is 3.50. The number of anilines is 1. The molecule has 0 radical (unpaired) electrons. The van der Waals surface area contributed by atoms with Gasteiger partial charge in [-0.05, 0) is 18.2 Å². The molecule has 0 N–H and O–H groups in total. The van der Waals surface area contributed by atoms with Gasteiger partial charge in [0.1, 0.15) is 11.9 Å². The molecule has 1 aliphatic heterocycles. The Morgan fingerprint density at radius 3 is 2.59 bits per heavy atom. The molecule has 4 aromatic rings. The fourth-order valence-electron chi connectivity index (χ4n) is 3.50. The zero-order chi connectivity index (χ0) is 18.1. The highest BCUT2D eigenvalue weighted by Gasteiger charge is 2.26. The molecule has 2 aromatic carbocycles. The standard InChI is InChI=1S/C22H19N3O2/c1-2-7-16(8-3-1)21-17-9-4-5-10-18(17)23-22(24-21)25-12-14-27-20(15-25)19-11-6-13-26-19/h1-11,13,20H,12,14-15H2. The van der Waals surface area contributed by atoms with Crippen LogP contribution in [0.4, 0.5) is 5.95 Å². The van der Waals surface area contributed by atoms with E-state index in [0.717, 1.165) is 40.4 Å². The van der Waals surface area contributed by atoms with E-state index in [1.807, 2.05) is 48.5 Å². The Morgan fingerprint density at radius 2 is 1.74 bits per heavy atom. The van der Waals surface area contributed by atoms with E-state index < -0.39 is 0 Å². The Labute approximate surface area is 157 Å². The van der Waals surface area contributed by atoms with E-state index in [4.69, 9.17) is 19.1 Å². The van der Waals surface area contributed by atoms with Gasteiger partial charge in [-0.1, -0.05) is 48.5 Å². The van der Waals surface area contributed by atoms with Crippen molar-refractivity contribution in [1.82, 2.24) is 9.97 Å². The first-order valence-electron chi connectivity index (χ1n) is 9.10. The molecular weight excluding hydrogens is 338 g/mol. The predicted molar refractivity (Wildman–Crippen MR) is 105 cm³/mol. The van der Waals surface area contributed by atoms with Crippen LogP contribution in [0, 0.1) is 0 Å². The summed E-state index contributed by atoms with van der Waals surface area (Å²) in [5.74, 6) is 1.57. The topological polar surface area (TPSA) is 51.4 Å². The number of benzene rings is 2. The summed E-state index contributed by atoms with van der Waals surface area (Å²) in [6, 6.07) is 22.3. The number of hydrogen-bond donors (Lipinski definition) is 0. The molecule has 5 heteroatoms. The SMILES string of the molecule is c1ccc(-c2nc(N3CCOC(c4ccco4)C3)nc3ccccc23)cc1. The molecule has 1 unspecified atom stereocenters. The van der Waals surface area contributed by atoms with Crippen LogP contribution in [0.1, 0.15) is 11.9 Å². The zero-order valence-corrected chi connectivity index (χ0v) is 14.8. The lowest BCUT2D eigenvalue weighted by molar-refractivity contribution is 0.0252. The highest BCUT2D eigenvalue weighted by Crippen LogP contribution is 2.30. The lowest BCUT2D eigenvalue weighted by Crippen LogP contribution is -2.39. The normalized spacial score (nSPS) is 17.3. The molecule has 0 spiro atoms. The Hall–Kier alpha value is -3.18. The Kier molecular flexibility index (Phi) is 4.07. The van der Waals surface area contributed by atoms with Crippen molar-refractivity contribution in [2.45, 2.75) is 6.10 Å². The predicted octanol–water partition coefficient (Wildman–Crippen LogP) is 4.47. The monoisotopic (exact) mass is 357 g/mol. The van der Waals surface area contributed by atoms with Crippen LogP contribution in [0.25, 0.3) is 22.2 Å². The third kappa shape index (κ3) is 3.06. The third-order valence-electron chi connectivity index (χ3n) is 4.85. The van der Waals surface area contributed by atoms with E-state index in [-0.39, 0.29) is 6.10 Å². The number of nitrogens with zero attached hydrogens (tertiary/aromatic N) is 3. The van der Waals surface area contributed by atoms with Crippen LogP contribution < -0.4 is 4.90 Å². The Balaban J connectivity index is 1.57. The largest absolute Gasteiger partial charge is 0.467 e. The first-order valence-corrected chi connectivity index (χ1v) is 9.10. The smallest absolute Gasteiger partial charge is 0.226 e. The molecule has 1 fully saturated rings. The van der Waals surface area contributed by atoms with E-state index in [1.54, 1.807) is 6.26 Å². The quantitative estimate of drug-likeness (QED) is 0.541. The minimum atomic E-state index is -0.107. The number of rotatable bonds is 3. The summed E-state index contributed by atoms with van der Waals surface area (Å²) >= 11 is 0. The van der Waals surface area contributed by atoms with Crippen LogP contribution in [0.3, 0.4) is 0 Å². The summed E-state index contributed by atoms with van der Waals surface area (Å²) in [5, 5.41) is 1.06. The van der Waals surface area contributed by atoms with Gasteiger partial charge in [-0.25, -0.2) is 9.97 Å². The zero-order valence-electron chi connectivity index (χ0n) is 14.8. The molecule has 0 aliphatic carbocycles. The first kappa shape index (κ1) is 16.0. The molecule has 3 heterocycles. The lowest BCUT2D eigenvalue weighted by atomic mass is 10.1. The summed E-state index contributed by atoms with van der Waals surface area (Å²) in [7, 11) is 0. The van der Waals surface area contributed by atoms with Gasteiger partial charge in [0.25, 0.3) is 0 Å². The van der Waals surface area contributed by atoms with Crippen LogP contribution in [-0.2, 0) is 4.74 Å². The molecule has 0 amide bonds. The van der Waals surface area contributed by atoms with E-state index >= 15 is 0 Å². The molecule has 5 rings (SSSR count). The average Bonchev–Trinajstić information content (AvgIpc) is 3.29. The summed E-state index contributed by atoms with van der Waals surface area (Å²) in [6.45, 7) is 2.03. The van der Waals surface area contributed by atoms with Crippen molar-refractivity contribution in [1.29, 1.82) is 0 Å². The van der Waals surface area contributed by atoms with Gasteiger partial charge in [0, 0.05) is 17.5 Å². The van der Waals surface area contributed by atoms with Gasteiger partial charge in [-0.15, -0.1) is 0 Å². The highest BCUT2D eigenvalue weighted by molar-refractivity contribution is 5.93. The van der Waals surface area contributed by atoms with Crippen molar-refractivity contribution in [2.75, 3.05) is 24.6 Å². The van der Waals surface area contributed by atoms with Crippen LogP contribution in [0.5, 0.6) is 0 Å². The Bertz CT molecular complexity index is 1050. The van der Waals surface area contributed by atoms with Gasteiger partial charge >= 0.3 is 0 Å². The summed E-state index contributed by atoms with van der Waals surface area (Å²) < 4.78 is 11.4. The highest BCUT2D eigenvalue weighted by atomic mass is 16.5. The number of aromatic nitrogens is 2. The Morgan fingerprint density at radius 1 is 0.889 bits per heavy atom. The van der Waals surface area contributed by atoms with Crippen molar-refractivity contribution in [3.8, 4) is 11.3 Å². The van der Waals surface area contributed by atoms with Gasteiger partial charge < -0.3 is 14.1 Å². The number of morpholine rings is 1. The van der Waals surface area contributed by atoms with Crippen LogP contribution in [-0.4, -0.2) is 29.7 Å². The van der Waals surface area contributed by atoms with E-state index in [9.17, 15) is 0 Å². The molecule has 1 atom stereocenters. The number of hydrogen-bond acceptors (Lipinski definition) is 5. The van der Waals surface area contributed by atoms with Crippen LogP contribution in [0.2, 0.25) is 0 Å². The van der Waals surface area contributed by atoms with Crippen molar-refractivity contribution in [3.05, 3.63) is 78.8 Å². The maximum atomic E-state index is 5.89. The second-order valence-electron chi connectivity index (χ2n) is 6.58. The number of ether oxygens (including phenoxy) is 1. The number of furan rings is 1. The van der Waals surface area contributed by atoms with E-state index in [2.05, 4.69) is 23.1 Å². The second-order valence-corrected chi connectivity index (χ2v) is 6.58. The second kappa shape index (κ2) is 6.85. The van der Waals surface area contributed by atoms with E-state index in [1.165, 1.54) is 0 Å². The number of para-hydroxylation sites is 1. The van der Waals surface area contributed by atoms with Gasteiger partial charge in [0.15, 0.2) is 0 Å². The molecule has 1 saturated heterocycles. The first-order chi connectivity index (χ1) is 13.4. The summed E-state index contributed by atoms with van der Waals surface area (Å²) in [4.78, 5) is 11.9. The van der Waals surface area contributed by atoms with Gasteiger partial charge in [0.05, 0.1) is 30.6 Å². The molecule has 0 bridgehead atoms. The summed E-state index contributed by atoms with van der Waals surface area (Å²) in [5.41, 5.74) is 2.99. The molecule has 1 aliphatic rings.